The summed E-state index contributed by atoms with van der Waals surface area (Å²) in [5, 5.41) is 0. The minimum absolute atomic E-state index is 0.545. The molecule has 0 unspecified atom stereocenters. The van der Waals surface area contributed by atoms with Crippen LogP contribution in [-0.4, -0.2) is 39.6 Å². The van der Waals surface area contributed by atoms with E-state index in [1.54, 1.807) is 6.20 Å². The van der Waals surface area contributed by atoms with Crippen LogP contribution >= 0.6 is 0 Å². The molecule has 2 aromatic heterocycles. The number of nitrogens with two attached hydrogens (primary N) is 1. The van der Waals surface area contributed by atoms with Crippen molar-refractivity contribution in [2.45, 2.75) is 13.5 Å². The second kappa shape index (κ2) is 5.64. The number of imidazole rings is 1. The number of likely N-dealkylation sites (N-methyl/N-ethyl adjacent to an activating group) is 1. The van der Waals surface area contributed by atoms with E-state index >= 15 is 0 Å². The third kappa shape index (κ3) is 2.68. The van der Waals surface area contributed by atoms with Gasteiger partial charge in [-0.15, -0.1) is 0 Å². The number of nitrogens with zero attached hydrogens (tertiary/aromatic N) is 4. The second-order valence-electron chi connectivity index (χ2n) is 4.30. The Morgan fingerprint density at radius 3 is 3.00 bits per heavy atom. The first kappa shape index (κ1) is 12.6. The Hall–Kier alpha value is -1.88. The molecule has 0 fully saturated rings. The van der Waals surface area contributed by atoms with Crippen molar-refractivity contribution in [1.29, 1.82) is 0 Å². The Bertz CT molecular complexity index is 506. The number of pyridine rings is 1. The maximum absolute atomic E-state index is 5.90. The number of rotatable bonds is 5. The molecule has 2 heterocycles. The van der Waals surface area contributed by atoms with Gasteiger partial charge in [0, 0.05) is 24.8 Å². The summed E-state index contributed by atoms with van der Waals surface area (Å²) in [5.74, 6) is 0.545. The van der Waals surface area contributed by atoms with Crippen molar-refractivity contribution < 1.29 is 0 Å². The maximum atomic E-state index is 5.90. The zero-order chi connectivity index (χ0) is 13.0. The lowest BCUT2D eigenvalue weighted by Gasteiger charge is -2.15. The second-order valence-corrected chi connectivity index (χ2v) is 4.30. The van der Waals surface area contributed by atoms with Gasteiger partial charge in [-0.25, -0.2) is 9.97 Å². The van der Waals surface area contributed by atoms with E-state index in [4.69, 9.17) is 5.73 Å². The average Bonchev–Trinajstić information content (AvgIpc) is 2.84. The molecule has 5 nitrogen and oxygen atoms in total. The zero-order valence-corrected chi connectivity index (χ0v) is 10.9. The lowest BCUT2D eigenvalue weighted by atomic mass is 10.2. The minimum Gasteiger partial charge on any atom is -0.383 e. The van der Waals surface area contributed by atoms with Crippen molar-refractivity contribution in [3.8, 4) is 11.3 Å². The molecule has 0 aliphatic carbocycles. The molecule has 0 amide bonds. The van der Waals surface area contributed by atoms with Gasteiger partial charge in [0.2, 0.25) is 0 Å². The van der Waals surface area contributed by atoms with Gasteiger partial charge < -0.3 is 15.2 Å². The fourth-order valence-electron chi connectivity index (χ4n) is 1.79. The van der Waals surface area contributed by atoms with Crippen molar-refractivity contribution >= 4 is 5.82 Å². The van der Waals surface area contributed by atoms with Gasteiger partial charge in [-0.3, -0.25) is 0 Å². The molecule has 0 aromatic carbocycles. The highest BCUT2D eigenvalue weighted by Crippen LogP contribution is 2.23. The Morgan fingerprint density at radius 1 is 1.44 bits per heavy atom. The van der Waals surface area contributed by atoms with Crippen molar-refractivity contribution in [2.75, 3.05) is 25.9 Å². The van der Waals surface area contributed by atoms with Crippen LogP contribution in [0.4, 0.5) is 5.82 Å². The highest BCUT2D eigenvalue weighted by atomic mass is 15.1. The Balaban J connectivity index is 2.20. The average molecular weight is 245 g/mol. The normalized spacial score (nSPS) is 11.1. The monoisotopic (exact) mass is 245 g/mol. The lowest BCUT2D eigenvalue weighted by Crippen LogP contribution is -2.22. The molecule has 0 atom stereocenters. The van der Waals surface area contributed by atoms with Crippen molar-refractivity contribution in [3.63, 3.8) is 0 Å². The largest absolute Gasteiger partial charge is 0.383 e. The number of aromatic nitrogens is 3. The molecule has 2 aromatic rings. The SMILES string of the molecule is CCN(C)CCn1cncc1-c1cccnc1N. The molecule has 0 bridgehead atoms. The fraction of sp³-hybridized carbons (Fsp3) is 0.385. The van der Waals surface area contributed by atoms with Gasteiger partial charge in [-0.05, 0) is 25.7 Å². The summed E-state index contributed by atoms with van der Waals surface area (Å²) in [5.41, 5.74) is 7.86. The molecule has 0 spiro atoms. The van der Waals surface area contributed by atoms with Crippen LogP contribution in [0.25, 0.3) is 11.3 Å². The molecule has 2 N–H and O–H groups in total. The van der Waals surface area contributed by atoms with E-state index < -0.39 is 0 Å². The van der Waals surface area contributed by atoms with Crippen LogP contribution in [0.2, 0.25) is 0 Å². The molecule has 18 heavy (non-hydrogen) atoms. The van der Waals surface area contributed by atoms with Gasteiger partial charge in [0.05, 0.1) is 18.2 Å². The van der Waals surface area contributed by atoms with Gasteiger partial charge in [0.25, 0.3) is 0 Å². The van der Waals surface area contributed by atoms with Crippen LogP contribution in [0.15, 0.2) is 30.9 Å². The molecular weight excluding hydrogens is 226 g/mol. The van der Waals surface area contributed by atoms with E-state index in [2.05, 4.69) is 33.4 Å². The first-order valence-electron chi connectivity index (χ1n) is 6.12. The summed E-state index contributed by atoms with van der Waals surface area (Å²) in [6, 6.07) is 3.86. The number of anilines is 1. The summed E-state index contributed by atoms with van der Waals surface area (Å²) in [7, 11) is 2.11. The quantitative estimate of drug-likeness (QED) is 0.866. The summed E-state index contributed by atoms with van der Waals surface area (Å²) >= 11 is 0. The molecule has 0 aliphatic heterocycles. The van der Waals surface area contributed by atoms with E-state index in [1.807, 2.05) is 24.7 Å². The summed E-state index contributed by atoms with van der Waals surface area (Å²) in [4.78, 5) is 10.6. The molecule has 0 saturated carbocycles. The molecule has 0 saturated heterocycles. The number of hydrogen-bond acceptors (Lipinski definition) is 4. The topological polar surface area (TPSA) is 60.0 Å². The third-order valence-electron chi connectivity index (χ3n) is 3.09. The van der Waals surface area contributed by atoms with E-state index in [0.29, 0.717) is 5.82 Å². The molecular formula is C13H19N5. The smallest absolute Gasteiger partial charge is 0.132 e. The Labute approximate surface area is 107 Å². The van der Waals surface area contributed by atoms with Crippen LogP contribution in [-0.2, 0) is 6.54 Å². The van der Waals surface area contributed by atoms with Crippen LogP contribution in [0.3, 0.4) is 0 Å². The molecule has 5 heteroatoms. The van der Waals surface area contributed by atoms with E-state index in [1.165, 1.54) is 0 Å². The minimum atomic E-state index is 0.545. The van der Waals surface area contributed by atoms with Crippen molar-refractivity contribution in [2.24, 2.45) is 0 Å². The van der Waals surface area contributed by atoms with Gasteiger partial charge >= 0.3 is 0 Å². The first-order chi connectivity index (χ1) is 8.72. The number of nitrogen functional groups attached to an aromatic ring is 1. The predicted molar refractivity (Wildman–Crippen MR) is 73.0 cm³/mol. The van der Waals surface area contributed by atoms with Crippen LogP contribution in [0, 0.1) is 0 Å². The summed E-state index contributed by atoms with van der Waals surface area (Å²) in [6.07, 6.45) is 5.37. The van der Waals surface area contributed by atoms with Crippen LogP contribution in [0.1, 0.15) is 6.92 Å². The molecule has 0 aliphatic rings. The van der Waals surface area contributed by atoms with Gasteiger partial charge in [-0.1, -0.05) is 6.92 Å². The molecule has 2 rings (SSSR count). The Kier molecular flexibility index (Phi) is 3.94. The van der Waals surface area contributed by atoms with Gasteiger partial charge in [-0.2, -0.15) is 0 Å². The summed E-state index contributed by atoms with van der Waals surface area (Å²) in [6.45, 7) is 5.07. The zero-order valence-electron chi connectivity index (χ0n) is 10.9. The van der Waals surface area contributed by atoms with Gasteiger partial charge in [0.15, 0.2) is 0 Å². The van der Waals surface area contributed by atoms with Gasteiger partial charge in [0.1, 0.15) is 5.82 Å². The predicted octanol–water partition coefficient (Wildman–Crippen LogP) is 1.48. The van der Waals surface area contributed by atoms with Crippen LogP contribution in [0.5, 0.6) is 0 Å². The maximum Gasteiger partial charge on any atom is 0.132 e. The fourth-order valence-corrected chi connectivity index (χ4v) is 1.79. The highest BCUT2D eigenvalue weighted by molar-refractivity contribution is 5.70. The van der Waals surface area contributed by atoms with E-state index in [0.717, 1.165) is 30.9 Å². The number of hydrogen-bond donors (Lipinski definition) is 1. The first-order valence-corrected chi connectivity index (χ1v) is 6.12. The molecule has 96 valence electrons. The third-order valence-corrected chi connectivity index (χ3v) is 3.09. The lowest BCUT2D eigenvalue weighted by molar-refractivity contribution is 0.336. The van der Waals surface area contributed by atoms with E-state index in [-0.39, 0.29) is 0 Å². The Morgan fingerprint density at radius 2 is 2.28 bits per heavy atom. The standard InChI is InChI=1S/C13H19N5/c1-3-17(2)7-8-18-10-15-9-12(18)11-5-4-6-16-13(11)14/h4-6,9-10H,3,7-8H2,1-2H3,(H2,14,16). The molecule has 0 radical (unpaired) electrons. The van der Waals surface area contributed by atoms with Crippen molar-refractivity contribution in [1.82, 2.24) is 19.4 Å². The highest BCUT2D eigenvalue weighted by Gasteiger charge is 2.08. The summed E-state index contributed by atoms with van der Waals surface area (Å²) < 4.78 is 2.11. The van der Waals surface area contributed by atoms with Crippen molar-refractivity contribution in [3.05, 3.63) is 30.9 Å². The van der Waals surface area contributed by atoms with E-state index in [9.17, 15) is 0 Å². The van der Waals surface area contributed by atoms with Crippen LogP contribution < -0.4 is 5.73 Å².